The van der Waals surface area contributed by atoms with E-state index in [-0.39, 0.29) is 32.8 Å². The number of hydrogen-bond acceptors (Lipinski definition) is 0. The van der Waals surface area contributed by atoms with Crippen LogP contribution in [-0.2, 0) is 0 Å². The molecule has 0 aromatic heterocycles. The van der Waals surface area contributed by atoms with E-state index in [1.54, 1.807) is 0 Å². The van der Waals surface area contributed by atoms with Gasteiger partial charge in [0.25, 0.3) is 0 Å². The molecule has 0 N–H and O–H groups in total. The van der Waals surface area contributed by atoms with Crippen LogP contribution in [0.5, 0.6) is 0 Å². The van der Waals surface area contributed by atoms with E-state index >= 15 is 0 Å². The highest BCUT2D eigenvalue weighted by Crippen LogP contribution is 1.98. The second-order valence-corrected chi connectivity index (χ2v) is 5.90. The van der Waals surface area contributed by atoms with Gasteiger partial charge in [-0.2, -0.15) is 0 Å². The van der Waals surface area contributed by atoms with E-state index in [1.807, 2.05) is 0 Å². The predicted octanol–water partition coefficient (Wildman–Crippen LogP) is 2.89. The number of rotatable bonds is 3. The van der Waals surface area contributed by atoms with E-state index in [4.69, 9.17) is 0 Å². The summed E-state index contributed by atoms with van der Waals surface area (Å²) >= 11 is 0. The molecule has 0 saturated carbocycles. The highest BCUT2D eigenvalue weighted by Gasteiger charge is 1.90. The monoisotopic (exact) mass is 244 g/mol. The average Bonchev–Trinajstić information content (AvgIpc) is 1.61. The Balaban J connectivity index is 0. The van der Waals surface area contributed by atoms with Crippen molar-refractivity contribution in [3.8, 4) is 0 Å². The fraction of sp³-hybridized carbons (Fsp3) is 1.00. The summed E-state index contributed by atoms with van der Waals surface area (Å²) in [6, 6.07) is 1.54. The number of halogens is 1. The third-order valence-electron chi connectivity index (χ3n) is 1.14. The maximum atomic E-state index is 2.41. The van der Waals surface area contributed by atoms with E-state index in [1.165, 1.54) is 18.9 Å². The molecule has 0 aromatic rings. The van der Waals surface area contributed by atoms with Crippen molar-refractivity contribution >= 4 is 32.8 Å². The van der Waals surface area contributed by atoms with Crippen LogP contribution in [0.4, 0.5) is 0 Å². The van der Waals surface area contributed by atoms with Crippen molar-refractivity contribution in [2.24, 2.45) is 0 Å². The predicted molar refractivity (Wildman–Crippen MR) is 54.0 cm³/mol. The summed E-state index contributed by atoms with van der Waals surface area (Å²) in [6.45, 7) is 7.09. The van der Waals surface area contributed by atoms with Crippen LogP contribution in [0.2, 0.25) is 19.1 Å². The lowest BCUT2D eigenvalue weighted by Crippen LogP contribution is -1.96. The summed E-state index contributed by atoms with van der Waals surface area (Å²) in [5.41, 5.74) is 0. The molecule has 0 spiro atoms. The zero-order chi connectivity index (χ0) is 5.70. The standard InChI is InChI=1S/C6H16Si.HI/c1-4-5-6-7(2)3;/h7H,4-6H2,1-3H3;1H. The second-order valence-electron chi connectivity index (χ2n) is 2.54. The van der Waals surface area contributed by atoms with Crippen LogP contribution in [0, 0.1) is 0 Å². The Morgan fingerprint density at radius 1 is 1.25 bits per heavy atom. The van der Waals surface area contributed by atoms with E-state index < -0.39 is 0 Å². The molecular formula is C6H17ISi. The average molecular weight is 244 g/mol. The summed E-state index contributed by atoms with van der Waals surface area (Å²) in [5.74, 6) is 0. The first-order valence-corrected chi connectivity index (χ1v) is 6.40. The fourth-order valence-electron chi connectivity index (χ4n) is 0.612. The van der Waals surface area contributed by atoms with E-state index in [2.05, 4.69) is 20.0 Å². The molecule has 0 fully saturated rings. The molecule has 0 saturated heterocycles. The molecule has 0 radical (unpaired) electrons. The highest BCUT2D eigenvalue weighted by molar-refractivity contribution is 14.0. The van der Waals surface area contributed by atoms with Crippen molar-refractivity contribution in [1.29, 1.82) is 0 Å². The molecule has 0 nitrogen and oxygen atoms in total. The minimum atomic E-state index is -0.188. The van der Waals surface area contributed by atoms with Crippen molar-refractivity contribution < 1.29 is 0 Å². The van der Waals surface area contributed by atoms with Crippen LogP contribution in [0.25, 0.3) is 0 Å². The minimum Gasteiger partial charge on any atom is -0.107 e. The Bertz CT molecular complexity index is 37.5. The molecule has 0 rings (SSSR count). The van der Waals surface area contributed by atoms with Crippen LogP contribution < -0.4 is 0 Å². The maximum absolute atomic E-state index is 2.41. The van der Waals surface area contributed by atoms with Gasteiger partial charge < -0.3 is 0 Å². The second kappa shape index (κ2) is 7.95. The molecule has 52 valence electrons. The van der Waals surface area contributed by atoms with Crippen molar-refractivity contribution in [1.82, 2.24) is 0 Å². The Morgan fingerprint density at radius 2 is 1.75 bits per heavy atom. The highest BCUT2D eigenvalue weighted by atomic mass is 127. The SMILES string of the molecule is CCCC[SiH](C)C.I. The van der Waals surface area contributed by atoms with Gasteiger partial charge in [-0.25, -0.2) is 0 Å². The van der Waals surface area contributed by atoms with Crippen molar-refractivity contribution in [3.05, 3.63) is 0 Å². The van der Waals surface area contributed by atoms with Gasteiger partial charge in [0.1, 0.15) is 0 Å². The topological polar surface area (TPSA) is 0 Å². The number of hydrogen-bond donors (Lipinski definition) is 0. The summed E-state index contributed by atoms with van der Waals surface area (Å²) in [6.07, 6.45) is 2.84. The number of unbranched alkanes of at least 4 members (excludes halogenated alkanes) is 1. The molecule has 8 heavy (non-hydrogen) atoms. The first-order chi connectivity index (χ1) is 3.27. The molecular weight excluding hydrogens is 227 g/mol. The van der Waals surface area contributed by atoms with Crippen LogP contribution in [-0.4, -0.2) is 8.80 Å². The van der Waals surface area contributed by atoms with Gasteiger partial charge in [0.2, 0.25) is 0 Å². The lowest BCUT2D eigenvalue weighted by molar-refractivity contribution is 0.875. The van der Waals surface area contributed by atoms with Gasteiger partial charge in [0, 0.05) is 8.80 Å². The first kappa shape index (κ1) is 11.7. The lowest BCUT2D eigenvalue weighted by atomic mass is 10.4. The van der Waals surface area contributed by atoms with Crippen molar-refractivity contribution in [2.45, 2.75) is 38.9 Å². The van der Waals surface area contributed by atoms with Crippen LogP contribution >= 0.6 is 24.0 Å². The van der Waals surface area contributed by atoms with Crippen molar-refractivity contribution in [2.75, 3.05) is 0 Å². The summed E-state index contributed by atoms with van der Waals surface area (Å²) in [4.78, 5) is 0. The van der Waals surface area contributed by atoms with Gasteiger partial charge in [-0.05, 0) is 0 Å². The van der Waals surface area contributed by atoms with Gasteiger partial charge in [0.15, 0.2) is 0 Å². The quantitative estimate of drug-likeness (QED) is 0.529. The summed E-state index contributed by atoms with van der Waals surface area (Å²) < 4.78 is 0. The molecule has 0 amide bonds. The van der Waals surface area contributed by atoms with Gasteiger partial charge in [-0.1, -0.05) is 38.9 Å². The van der Waals surface area contributed by atoms with Crippen LogP contribution in [0.1, 0.15) is 19.8 Å². The van der Waals surface area contributed by atoms with Crippen LogP contribution in [0.3, 0.4) is 0 Å². The van der Waals surface area contributed by atoms with E-state index in [0.717, 1.165) is 0 Å². The molecule has 0 bridgehead atoms. The molecule has 0 aliphatic carbocycles. The molecule has 0 aliphatic rings. The third kappa shape index (κ3) is 10.0. The van der Waals surface area contributed by atoms with E-state index in [9.17, 15) is 0 Å². The maximum Gasteiger partial charge on any atom is 0.0305 e. The fourth-order valence-corrected chi connectivity index (χ4v) is 1.84. The molecule has 0 aliphatic heterocycles. The van der Waals surface area contributed by atoms with Gasteiger partial charge in [0.05, 0.1) is 0 Å². The molecule has 0 unspecified atom stereocenters. The normalized spacial score (nSPS) is 9.00. The first-order valence-electron chi connectivity index (χ1n) is 3.27. The zero-order valence-corrected chi connectivity index (χ0v) is 9.59. The van der Waals surface area contributed by atoms with Gasteiger partial charge in [-0.15, -0.1) is 24.0 Å². The molecule has 2 heteroatoms. The molecule has 0 aromatic carbocycles. The van der Waals surface area contributed by atoms with Crippen molar-refractivity contribution in [3.63, 3.8) is 0 Å². The Morgan fingerprint density at radius 3 is 1.88 bits per heavy atom. The summed E-state index contributed by atoms with van der Waals surface area (Å²) in [7, 11) is -0.188. The Kier molecular flexibility index (Phi) is 11.6. The smallest absolute Gasteiger partial charge is 0.0305 e. The zero-order valence-electron chi connectivity index (χ0n) is 6.11. The van der Waals surface area contributed by atoms with Gasteiger partial charge in [-0.3, -0.25) is 0 Å². The molecule has 0 atom stereocenters. The third-order valence-corrected chi connectivity index (χ3v) is 2.70. The van der Waals surface area contributed by atoms with E-state index in [0.29, 0.717) is 0 Å². The minimum absolute atomic E-state index is 0. The van der Waals surface area contributed by atoms with Crippen LogP contribution in [0.15, 0.2) is 0 Å². The largest absolute Gasteiger partial charge is 0.107 e. The lowest BCUT2D eigenvalue weighted by Gasteiger charge is -1.97. The Labute approximate surface area is 71.7 Å². The van der Waals surface area contributed by atoms with Gasteiger partial charge >= 0.3 is 0 Å². The molecule has 0 heterocycles. The Hall–Kier alpha value is 0.947. The summed E-state index contributed by atoms with van der Waals surface area (Å²) in [5, 5.41) is 0.